The van der Waals surface area contributed by atoms with Crippen molar-refractivity contribution in [1.29, 1.82) is 0 Å². The molecule has 0 bridgehead atoms. The first kappa shape index (κ1) is 11.0. The molecule has 5 heteroatoms. The van der Waals surface area contributed by atoms with Gasteiger partial charge < -0.3 is 5.73 Å². The number of benzene rings is 1. The Hall–Kier alpha value is -2.14. The summed E-state index contributed by atoms with van der Waals surface area (Å²) in [4.78, 5) is 4.56. The second-order valence-corrected chi connectivity index (χ2v) is 4.89. The van der Waals surface area contributed by atoms with Crippen LogP contribution in [0.1, 0.15) is 0 Å². The van der Waals surface area contributed by atoms with E-state index in [1.807, 2.05) is 48.8 Å². The number of hydrogen-bond donors (Lipinski definition) is 1. The first-order chi connectivity index (χ1) is 8.75. The van der Waals surface area contributed by atoms with Gasteiger partial charge in [0.05, 0.1) is 10.6 Å². The summed E-state index contributed by atoms with van der Waals surface area (Å²) < 4.78 is 1.76. The highest BCUT2D eigenvalue weighted by molar-refractivity contribution is 7.14. The predicted octanol–water partition coefficient (Wildman–Crippen LogP) is 2.79. The number of thiophene rings is 1. The second kappa shape index (κ2) is 4.27. The number of anilines is 1. The number of nitrogens with zero attached hydrogens (tertiary/aromatic N) is 3. The molecule has 2 N–H and O–H groups in total. The molecule has 3 aromatic rings. The molecule has 0 radical (unpaired) electrons. The van der Waals surface area contributed by atoms with Crippen LogP contribution in [-0.2, 0) is 7.05 Å². The second-order valence-electron chi connectivity index (χ2n) is 3.95. The molecule has 0 saturated carbocycles. The lowest BCUT2D eigenvalue weighted by atomic mass is 10.2. The molecule has 0 atom stereocenters. The van der Waals surface area contributed by atoms with Crippen LogP contribution >= 0.6 is 11.3 Å². The van der Waals surface area contributed by atoms with Gasteiger partial charge in [0.15, 0.2) is 11.6 Å². The van der Waals surface area contributed by atoms with Crippen LogP contribution in [0.2, 0.25) is 0 Å². The molecular weight excluding hydrogens is 244 g/mol. The van der Waals surface area contributed by atoms with Gasteiger partial charge in [-0.05, 0) is 11.4 Å². The molecule has 0 saturated heterocycles. The quantitative estimate of drug-likeness (QED) is 0.767. The zero-order valence-corrected chi connectivity index (χ0v) is 10.7. The maximum Gasteiger partial charge on any atom is 0.181 e. The fraction of sp³-hybridized carbons (Fsp3) is 0.0769. The summed E-state index contributed by atoms with van der Waals surface area (Å²) in [5.74, 6) is 1.52. The van der Waals surface area contributed by atoms with E-state index in [0.29, 0.717) is 0 Å². The minimum Gasteiger partial charge on any atom is -0.390 e. The summed E-state index contributed by atoms with van der Waals surface area (Å²) in [6.07, 6.45) is 0. The van der Waals surface area contributed by atoms with Crippen LogP contribution in [0.4, 0.5) is 5.00 Å². The van der Waals surface area contributed by atoms with E-state index in [1.165, 1.54) is 11.3 Å². The van der Waals surface area contributed by atoms with E-state index in [1.54, 1.807) is 4.68 Å². The van der Waals surface area contributed by atoms with Crippen LogP contribution in [0.25, 0.3) is 22.8 Å². The van der Waals surface area contributed by atoms with E-state index < -0.39 is 0 Å². The van der Waals surface area contributed by atoms with Crippen molar-refractivity contribution in [2.45, 2.75) is 0 Å². The van der Waals surface area contributed by atoms with Crippen molar-refractivity contribution in [2.75, 3.05) is 5.73 Å². The molecular formula is C13H12N4S. The number of nitrogens with two attached hydrogens (primary N) is 1. The molecule has 0 fully saturated rings. The van der Waals surface area contributed by atoms with Gasteiger partial charge >= 0.3 is 0 Å². The Morgan fingerprint density at radius 1 is 1.17 bits per heavy atom. The van der Waals surface area contributed by atoms with Crippen molar-refractivity contribution in [2.24, 2.45) is 7.05 Å². The third-order valence-electron chi connectivity index (χ3n) is 2.73. The van der Waals surface area contributed by atoms with E-state index in [-0.39, 0.29) is 0 Å². The van der Waals surface area contributed by atoms with Gasteiger partial charge in [-0.3, -0.25) is 0 Å². The molecule has 18 heavy (non-hydrogen) atoms. The number of aryl methyl sites for hydroxylation is 1. The van der Waals surface area contributed by atoms with Crippen LogP contribution in [-0.4, -0.2) is 14.8 Å². The zero-order valence-electron chi connectivity index (χ0n) is 9.87. The standard InChI is InChI=1S/C13H12N4S/c1-17-13(10-7-8-18-11(10)14)15-12(16-17)9-5-3-2-4-6-9/h2-8H,14H2,1H3. The smallest absolute Gasteiger partial charge is 0.181 e. The van der Waals surface area contributed by atoms with Gasteiger partial charge in [0.1, 0.15) is 0 Å². The van der Waals surface area contributed by atoms with Crippen molar-refractivity contribution in [3.8, 4) is 22.8 Å². The van der Waals surface area contributed by atoms with Crippen LogP contribution < -0.4 is 5.73 Å². The minimum absolute atomic E-state index is 0.721. The lowest BCUT2D eigenvalue weighted by molar-refractivity contribution is 0.778. The SMILES string of the molecule is Cn1nc(-c2ccccc2)nc1-c1ccsc1N. The van der Waals surface area contributed by atoms with Crippen molar-refractivity contribution in [3.05, 3.63) is 41.8 Å². The molecule has 0 aliphatic heterocycles. The van der Waals surface area contributed by atoms with Crippen LogP contribution in [0.5, 0.6) is 0 Å². The highest BCUT2D eigenvalue weighted by Crippen LogP contribution is 2.30. The molecule has 0 amide bonds. The molecule has 90 valence electrons. The van der Waals surface area contributed by atoms with Gasteiger partial charge in [-0.1, -0.05) is 30.3 Å². The first-order valence-corrected chi connectivity index (χ1v) is 6.43. The van der Waals surface area contributed by atoms with Gasteiger partial charge in [0, 0.05) is 12.6 Å². The Balaban J connectivity index is 2.10. The van der Waals surface area contributed by atoms with Gasteiger partial charge in [0.2, 0.25) is 0 Å². The fourth-order valence-corrected chi connectivity index (χ4v) is 2.47. The molecule has 3 rings (SSSR count). The summed E-state index contributed by atoms with van der Waals surface area (Å²) in [5.41, 5.74) is 7.88. The maximum absolute atomic E-state index is 5.93. The summed E-state index contributed by atoms with van der Waals surface area (Å²) >= 11 is 1.51. The van der Waals surface area contributed by atoms with E-state index in [2.05, 4.69) is 10.1 Å². The van der Waals surface area contributed by atoms with E-state index in [9.17, 15) is 0 Å². The maximum atomic E-state index is 5.93. The van der Waals surface area contributed by atoms with Crippen molar-refractivity contribution >= 4 is 16.3 Å². The number of aromatic nitrogens is 3. The van der Waals surface area contributed by atoms with Crippen LogP contribution in [0.15, 0.2) is 41.8 Å². The molecule has 0 spiro atoms. The number of nitrogen functional groups attached to an aromatic ring is 1. The van der Waals surface area contributed by atoms with Crippen molar-refractivity contribution in [3.63, 3.8) is 0 Å². The van der Waals surface area contributed by atoms with Gasteiger partial charge in [0.25, 0.3) is 0 Å². The Morgan fingerprint density at radius 2 is 1.94 bits per heavy atom. The lowest BCUT2D eigenvalue weighted by Crippen LogP contribution is -1.95. The molecule has 2 heterocycles. The van der Waals surface area contributed by atoms with Crippen molar-refractivity contribution in [1.82, 2.24) is 14.8 Å². The topological polar surface area (TPSA) is 56.7 Å². The summed E-state index contributed by atoms with van der Waals surface area (Å²) in [7, 11) is 1.88. The van der Waals surface area contributed by atoms with Gasteiger partial charge in [-0.15, -0.1) is 11.3 Å². The largest absolute Gasteiger partial charge is 0.390 e. The molecule has 1 aromatic carbocycles. The zero-order chi connectivity index (χ0) is 12.5. The van der Waals surface area contributed by atoms with Gasteiger partial charge in [-0.25, -0.2) is 9.67 Å². The van der Waals surface area contributed by atoms with Crippen molar-refractivity contribution < 1.29 is 0 Å². The van der Waals surface area contributed by atoms with E-state index >= 15 is 0 Å². The molecule has 4 nitrogen and oxygen atoms in total. The Labute approximate surface area is 109 Å². The monoisotopic (exact) mass is 256 g/mol. The highest BCUT2D eigenvalue weighted by Gasteiger charge is 2.13. The Bertz CT molecular complexity index is 669. The summed E-state index contributed by atoms with van der Waals surface area (Å²) in [6, 6.07) is 11.9. The van der Waals surface area contributed by atoms with E-state index in [0.717, 1.165) is 27.8 Å². The third-order valence-corrected chi connectivity index (χ3v) is 3.48. The van der Waals surface area contributed by atoms with Crippen LogP contribution in [0, 0.1) is 0 Å². The van der Waals surface area contributed by atoms with E-state index in [4.69, 9.17) is 5.73 Å². The highest BCUT2D eigenvalue weighted by atomic mass is 32.1. The third kappa shape index (κ3) is 1.78. The number of rotatable bonds is 2. The predicted molar refractivity (Wildman–Crippen MR) is 74.2 cm³/mol. The first-order valence-electron chi connectivity index (χ1n) is 5.55. The van der Waals surface area contributed by atoms with Crippen LogP contribution in [0.3, 0.4) is 0 Å². The lowest BCUT2D eigenvalue weighted by Gasteiger charge is -1.96. The Kier molecular flexibility index (Phi) is 2.60. The average molecular weight is 256 g/mol. The fourth-order valence-electron chi connectivity index (χ4n) is 1.83. The number of hydrogen-bond acceptors (Lipinski definition) is 4. The van der Waals surface area contributed by atoms with Gasteiger partial charge in [-0.2, -0.15) is 5.10 Å². The normalized spacial score (nSPS) is 10.7. The summed E-state index contributed by atoms with van der Waals surface area (Å²) in [6.45, 7) is 0. The molecule has 0 aliphatic carbocycles. The average Bonchev–Trinajstić information content (AvgIpc) is 2.96. The Morgan fingerprint density at radius 3 is 2.61 bits per heavy atom. The molecule has 0 aliphatic rings. The minimum atomic E-state index is 0.721. The summed E-state index contributed by atoms with van der Waals surface area (Å²) in [5, 5.41) is 7.16. The molecule has 0 unspecified atom stereocenters. The molecule has 2 aromatic heterocycles.